The first kappa shape index (κ1) is 21.7. The Morgan fingerprint density at radius 2 is 1.68 bits per heavy atom. The van der Waals surface area contributed by atoms with Gasteiger partial charge in [-0.3, -0.25) is 10.1 Å². The molecule has 1 aromatic heterocycles. The van der Waals surface area contributed by atoms with Crippen molar-refractivity contribution in [1.82, 2.24) is 4.98 Å². The van der Waals surface area contributed by atoms with E-state index in [-0.39, 0.29) is 11.7 Å². The average Bonchev–Trinajstić information content (AvgIpc) is 3.07. The first-order chi connectivity index (χ1) is 15.1. The van der Waals surface area contributed by atoms with Crippen LogP contribution >= 0.6 is 0 Å². The second-order valence-corrected chi connectivity index (χ2v) is 8.95. The zero-order chi connectivity index (χ0) is 21.7. The largest absolute Gasteiger partial charge is 0.397 e. The zero-order valence-electron chi connectivity index (χ0n) is 18.2. The molecule has 0 bridgehead atoms. The summed E-state index contributed by atoms with van der Waals surface area (Å²) >= 11 is 0. The fourth-order valence-corrected chi connectivity index (χ4v) is 5.16. The highest BCUT2D eigenvalue weighted by atomic mass is 16.6. The van der Waals surface area contributed by atoms with E-state index < -0.39 is 10.6 Å². The zero-order valence-corrected chi connectivity index (χ0v) is 18.2. The minimum atomic E-state index is -1.35. The molecule has 1 N–H and O–H groups in total. The predicted molar refractivity (Wildman–Crippen MR) is 118 cm³/mol. The molecule has 1 aromatic carbocycles. The number of nitro benzene ring substituents is 1. The number of aromatic nitrogens is 2. The van der Waals surface area contributed by atoms with Gasteiger partial charge in [0.15, 0.2) is 0 Å². The molecule has 1 saturated carbocycles. The molecule has 1 unspecified atom stereocenters. The predicted octanol–water partition coefficient (Wildman–Crippen LogP) is 4.62. The van der Waals surface area contributed by atoms with Crippen molar-refractivity contribution in [1.29, 1.82) is 0 Å². The molecule has 0 amide bonds. The average molecular weight is 426 g/mol. The van der Waals surface area contributed by atoms with Crippen LogP contribution in [0.15, 0.2) is 42.7 Å². The second kappa shape index (κ2) is 9.73. The van der Waals surface area contributed by atoms with E-state index in [0.717, 1.165) is 31.6 Å². The van der Waals surface area contributed by atoms with E-state index in [1.54, 1.807) is 18.3 Å². The molecule has 1 aliphatic heterocycles. The Kier molecular flexibility index (Phi) is 6.80. The number of anilines is 1. The minimum absolute atomic E-state index is 0.00141. The lowest BCUT2D eigenvalue weighted by molar-refractivity contribution is -0.685. The number of rotatable bonds is 3. The number of hydrogen-bond donors (Lipinski definition) is 1. The smallest absolute Gasteiger partial charge is 0.353 e. The van der Waals surface area contributed by atoms with Crippen LogP contribution in [-0.4, -0.2) is 21.1 Å². The quantitative estimate of drug-likeness (QED) is 0.441. The molecular formula is C24H33N4O3+. The standard InChI is InChI=1S/C24H33N4O3/c29-24(20-12-10-15-22(18-20)28(30)31)19-26-17-11-16-25-23(26)27(24)21-13-8-6-4-2-1-3-5-7-9-14-21/h10-12,15-18,21,29H,1-9,13-14,19H2/q+1. The Hall–Kier alpha value is -2.54. The molecule has 1 atom stereocenters. The third-order valence-corrected chi connectivity index (χ3v) is 6.76. The number of benzene rings is 1. The molecule has 31 heavy (non-hydrogen) atoms. The maximum absolute atomic E-state index is 12.0. The molecule has 0 radical (unpaired) electrons. The number of nitrogens with zero attached hydrogens (tertiary/aromatic N) is 4. The molecular weight excluding hydrogens is 392 g/mol. The first-order valence-electron chi connectivity index (χ1n) is 11.7. The Morgan fingerprint density at radius 3 is 2.32 bits per heavy atom. The van der Waals surface area contributed by atoms with Gasteiger partial charge in [0.1, 0.15) is 12.7 Å². The lowest BCUT2D eigenvalue weighted by Crippen LogP contribution is -2.50. The van der Waals surface area contributed by atoms with Crippen LogP contribution in [0.2, 0.25) is 0 Å². The van der Waals surface area contributed by atoms with Crippen molar-refractivity contribution in [3.63, 3.8) is 0 Å². The maximum Gasteiger partial charge on any atom is 0.397 e. The van der Waals surface area contributed by atoms with Crippen molar-refractivity contribution in [3.8, 4) is 0 Å². The van der Waals surface area contributed by atoms with Crippen LogP contribution in [0.25, 0.3) is 0 Å². The van der Waals surface area contributed by atoms with Crippen LogP contribution in [0, 0.1) is 10.1 Å². The summed E-state index contributed by atoms with van der Waals surface area (Å²) < 4.78 is 1.97. The number of non-ortho nitro benzene ring substituents is 1. The topological polar surface area (TPSA) is 83.4 Å². The highest BCUT2D eigenvalue weighted by molar-refractivity contribution is 5.44. The van der Waals surface area contributed by atoms with Gasteiger partial charge < -0.3 is 5.11 Å². The summed E-state index contributed by atoms with van der Waals surface area (Å²) in [5.41, 5.74) is -0.799. The van der Waals surface area contributed by atoms with E-state index in [4.69, 9.17) is 0 Å². The highest BCUT2D eigenvalue weighted by Gasteiger charge is 2.54. The van der Waals surface area contributed by atoms with Crippen LogP contribution in [-0.2, 0) is 12.3 Å². The minimum Gasteiger partial charge on any atom is -0.353 e. The molecule has 1 aliphatic carbocycles. The molecule has 166 valence electrons. The number of fused-ring (bicyclic) bond motifs is 1. The maximum atomic E-state index is 12.0. The van der Waals surface area contributed by atoms with E-state index in [1.807, 2.05) is 16.8 Å². The first-order valence-corrected chi connectivity index (χ1v) is 11.7. The summed E-state index contributed by atoms with van der Waals surface area (Å²) in [5.74, 6) is 0.744. The summed E-state index contributed by atoms with van der Waals surface area (Å²) in [5, 5.41) is 23.4. The van der Waals surface area contributed by atoms with Crippen LogP contribution in [0.1, 0.15) is 76.2 Å². The van der Waals surface area contributed by atoms with E-state index in [9.17, 15) is 15.2 Å². The third kappa shape index (κ3) is 4.71. The fraction of sp³-hybridized carbons (Fsp3) is 0.583. The molecule has 0 spiro atoms. The van der Waals surface area contributed by atoms with E-state index in [2.05, 4.69) is 9.88 Å². The Bertz CT molecular complexity index is 894. The molecule has 2 aliphatic rings. The Morgan fingerprint density at radius 1 is 1.03 bits per heavy atom. The summed E-state index contributed by atoms with van der Waals surface area (Å²) in [6.45, 7) is 0.313. The van der Waals surface area contributed by atoms with Crippen molar-refractivity contribution in [2.45, 2.75) is 88.9 Å². The second-order valence-electron chi connectivity index (χ2n) is 8.95. The normalized spacial score (nSPS) is 23.6. The van der Waals surface area contributed by atoms with Crippen molar-refractivity contribution in [3.05, 3.63) is 58.4 Å². The van der Waals surface area contributed by atoms with Gasteiger partial charge in [0.05, 0.1) is 17.2 Å². The van der Waals surface area contributed by atoms with Gasteiger partial charge in [-0.15, -0.1) is 0 Å². The van der Waals surface area contributed by atoms with Crippen LogP contribution in [0.4, 0.5) is 11.6 Å². The molecule has 0 saturated heterocycles. The van der Waals surface area contributed by atoms with E-state index in [1.165, 1.54) is 57.1 Å². The van der Waals surface area contributed by atoms with Gasteiger partial charge in [0.25, 0.3) is 5.69 Å². The van der Waals surface area contributed by atoms with Gasteiger partial charge in [-0.2, -0.15) is 0 Å². The number of nitro groups is 1. The molecule has 7 nitrogen and oxygen atoms in total. The molecule has 2 aromatic rings. The summed E-state index contributed by atoms with van der Waals surface area (Å²) in [6.07, 6.45) is 16.8. The SMILES string of the molecule is O=[N+]([O-])c1cccc(C2(O)C[n+]3cccnc3N2C2CCCCCCCCCCC2)c1. The third-order valence-electron chi connectivity index (χ3n) is 6.76. The van der Waals surface area contributed by atoms with Crippen LogP contribution < -0.4 is 9.47 Å². The van der Waals surface area contributed by atoms with E-state index >= 15 is 0 Å². The van der Waals surface area contributed by atoms with Gasteiger partial charge in [0, 0.05) is 23.8 Å². The van der Waals surface area contributed by atoms with Crippen LogP contribution in [0.5, 0.6) is 0 Å². The van der Waals surface area contributed by atoms with Crippen molar-refractivity contribution in [2.24, 2.45) is 0 Å². The number of aliphatic hydroxyl groups is 1. The highest BCUT2D eigenvalue weighted by Crippen LogP contribution is 2.39. The van der Waals surface area contributed by atoms with Crippen LogP contribution in [0.3, 0.4) is 0 Å². The molecule has 7 heteroatoms. The van der Waals surface area contributed by atoms with Gasteiger partial charge in [0.2, 0.25) is 5.72 Å². The van der Waals surface area contributed by atoms with Gasteiger partial charge in [-0.1, -0.05) is 74.9 Å². The van der Waals surface area contributed by atoms with Gasteiger partial charge in [-0.25, -0.2) is 9.47 Å². The Labute approximate surface area is 183 Å². The lowest BCUT2D eigenvalue weighted by Gasteiger charge is -2.34. The summed E-state index contributed by atoms with van der Waals surface area (Å²) in [7, 11) is 0. The van der Waals surface area contributed by atoms with Crippen molar-refractivity contribution >= 4 is 11.6 Å². The van der Waals surface area contributed by atoms with Gasteiger partial charge in [-0.05, 0) is 12.8 Å². The molecule has 1 fully saturated rings. The summed E-state index contributed by atoms with van der Waals surface area (Å²) in [6, 6.07) is 8.44. The number of hydrogen-bond acceptors (Lipinski definition) is 5. The molecule has 2 heterocycles. The Balaban J connectivity index is 1.69. The van der Waals surface area contributed by atoms with Crippen molar-refractivity contribution in [2.75, 3.05) is 4.90 Å². The lowest BCUT2D eigenvalue weighted by atomic mass is 9.93. The monoisotopic (exact) mass is 425 g/mol. The van der Waals surface area contributed by atoms with Crippen molar-refractivity contribution < 1.29 is 14.6 Å². The molecule has 4 rings (SSSR count). The van der Waals surface area contributed by atoms with E-state index in [0.29, 0.717) is 12.1 Å². The summed E-state index contributed by atoms with van der Waals surface area (Å²) in [4.78, 5) is 17.7. The fourth-order valence-electron chi connectivity index (χ4n) is 5.16. The van der Waals surface area contributed by atoms with Gasteiger partial charge >= 0.3 is 5.95 Å².